The van der Waals surface area contributed by atoms with E-state index in [1.807, 2.05) is 0 Å². The molecule has 9 heteroatoms. The van der Waals surface area contributed by atoms with E-state index in [-0.39, 0.29) is 5.82 Å². The van der Waals surface area contributed by atoms with E-state index < -0.39 is 18.8 Å². The number of hydrogen-bond donors (Lipinski definition) is 1. The molecule has 0 bridgehead atoms. The quantitative estimate of drug-likeness (QED) is 0.876. The summed E-state index contributed by atoms with van der Waals surface area (Å²) in [5.41, 5.74) is 0.330. The lowest BCUT2D eigenvalue weighted by atomic mass is 10.3. The van der Waals surface area contributed by atoms with Crippen LogP contribution in [0.25, 0.3) is 11.5 Å². The standard InChI is InChI=1S/C9H8F3N5O/c10-9(11,12)7(18)5-17-8(14-15-16-17)6-3-1-2-4-13-6/h1-4,7,18H,5H2. The summed E-state index contributed by atoms with van der Waals surface area (Å²) in [7, 11) is 0. The van der Waals surface area contributed by atoms with E-state index in [2.05, 4.69) is 20.5 Å². The number of halogens is 3. The SMILES string of the molecule is OC(Cn1nnnc1-c1ccccn1)C(F)(F)F. The molecule has 18 heavy (non-hydrogen) atoms. The van der Waals surface area contributed by atoms with Crippen molar-refractivity contribution >= 4 is 0 Å². The summed E-state index contributed by atoms with van der Waals surface area (Å²) in [6.45, 7) is -0.775. The van der Waals surface area contributed by atoms with Crippen LogP contribution >= 0.6 is 0 Å². The zero-order chi connectivity index (χ0) is 13.2. The summed E-state index contributed by atoms with van der Waals surface area (Å²) < 4.78 is 37.5. The zero-order valence-corrected chi connectivity index (χ0v) is 8.91. The predicted molar refractivity (Wildman–Crippen MR) is 53.1 cm³/mol. The first-order valence-electron chi connectivity index (χ1n) is 4.91. The molecule has 2 rings (SSSR count). The number of rotatable bonds is 3. The van der Waals surface area contributed by atoms with E-state index in [4.69, 9.17) is 5.11 Å². The summed E-state index contributed by atoms with van der Waals surface area (Å²) in [6, 6.07) is 4.87. The molecule has 0 radical (unpaired) electrons. The molecule has 6 nitrogen and oxygen atoms in total. The summed E-state index contributed by atoms with van der Waals surface area (Å²) in [5, 5.41) is 19.2. The van der Waals surface area contributed by atoms with Crippen molar-refractivity contribution in [2.24, 2.45) is 0 Å². The van der Waals surface area contributed by atoms with Gasteiger partial charge in [-0.25, -0.2) is 4.68 Å². The molecule has 0 fully saturated rings. The number of nitrogens with zero attached hydrogens (tertiary/aromatic N) is 5. The highest BCUT2D eigenvalue weighted by molar-refractivity contribution is 5.47. The number of tetrazole rings is 1. The van der Waals surface area contributed by atoms with Gasteiger partial charge in [-0.1, -0.05) is 6.07 Å². The first-order chi connectivity index (χ1) is 8.48. The minimum absolute atomic E-state index is 0.0684. The molecule has 0 saturated heterocycles. The number of aliphatic hydroxyl groups is 1. The van der Waals surface area contributed by atoms with Crippen LogP contribution in [0.3, 0.4) is 0 Å². The maximum atomic E-state index is 12.2. The highest BCUT2D eigenvalue weighted by Crippen LogP contribution is 2.22. The smallest absolute Gasteiger partial charge is 0.382 e. The largest absolute Gasteiger partial charge is 0.416 e. The Morgan fingerprint density at radius 3 is 2.72 bits per heavy atom. The fourth-order valence-corrected chi connectivity index (χ4v) is 1.27. The van der Waals surface area contributed by atoms with E-state index in [9.17, 15) is 13.2 Å². The molecule has 1 N–H and O–H groups in total. The monoisotopic (exact) mass is 259 g/mol. The lowest BCUT2D eigenvalue weighted by molar-refractivity contribution is -0.207. The normalized spacial score (nSPS) is 13.6. The fraction of sp³-hybridized carbons (Fsp3) is 0.333. The van der Waals surface area contributed by atoms with Crippen LogP contribution in [0.15, 0.2) is 24.4 Å². The van der Waals surface area contributed by atoms with Gasteiger partial charge in [-0.15, -0.1) is 5.10 Å². The van der Waals surface area contributed by atoms with Crippen molar-refractivity contribution < 1.29 is 18.3 Å². The Kier molecular flexibility index (Phi) is 3.24. The molecule has 0 spiro atoms. The van der Waals surface area contributed by atoms with E-state index in [0.717, 1.165) is 4.68 Å². The van der Waals surface area contributed by atoms with E-state index >= 15 is 0 Å². The van der Waals surface area contributed by atoms with Crippen molar-refractivity contribution in [3.63, 3.8) is 0 Å². The molecule has 2 heterocycles. The number of pyridine rings is 1. The lowest BCUT2D eigenvalue weighted by Crippen LogP contribution is -2.33. The Balaban J connectivity index is 2.24. The Morgan fingerprint density at radius 1 is 1.33 bits per heavy atom. The van der Waals surface area contributed by atoms with Gasteiger partial charge in [0.2, 0.25) is 5.82 Å². The molecular weight excluding hydrogens is 251 g/mol. The van der Waals surface area contributed by atoms with E-state index in [0.29, 0.717) is 5.69 Å². The van der Waals surface area contributed by atoms with Crippen LogP contribution in [0, 0.1) is 0 Å². The van der Waals surface area contributed by atoms with Crippen LogP contribution in [0.1, 0.15) is 0 Å². The molecule has 2 aromatic heterocycles. The van der Waals surface area contributed by atoms with E-state index in [1.165, 1.54) is 6.20 Å². The average molecular weight is 259 g/mol. The van der Waals surface area contributed by atoms with Crippen molar-refractivity contribution in [2.45, 2.75) is 18.8 Å². The van der Waals surface area contributed by atoms with Gasteiger partial charge in [0.15, 0.2) is 6.10 Å². The highest BCUT2D eigenvalue weighted by atomic mass is 19.4. The Morgan fingerprint density at radius 2 is 2.11 bits per heavy atom. The molecule has 1 unspecified atom stereocenters. The fourth-order valence-electron chi connectivity index (χ4n) is 1.27. The third-order valence-corrected chi connectivity index (χ3v) is 2.15. The van der Waals surface area contributed by atoms with Crippen molar-refractivity contribution in [1.82, 2.24) is 25.2 Å². The van der Waals surface area contributed by atoms with Gasteiger partial charge in [0.1, 0.15) is 5.69 Å². The minimum Gasteiger partial charge on any atom is -0.382 e. The number of aliphatic hydroxyl groups excluding tert-OH is 1. The third kappa shape index (κ3) is 2.62. The van der Waals surface area contributed by atoms with Crippen molar-refractivity contribution in [3.8, 4) is 11.5 Å². The van der Waals surface area contributed by atoms with Crippen molar-refractivity contribution in [1.29, 1.82) is 0 Å². The molecule has 2 aromatic rings. The van der Waals surface area contributed by atoms with Gasteiger partial charge in [0.25, 0.3) is 0 Å². The van der Waals surface area contributed by atoms with Gasteiger partial charge >= 0.3 is 6.18 Å². The molecule has 0 aliphatic rings. The maximum absolute atomic E-state index is 12.2. The Labute approximate surface area is 99.1 Å². The van der Waals surface area contributed by atoms with Gasteiger partial charge in [-0.05, 0) is 22.6 Å². The predicted octanol–water partition coefficient (Wildman–Crippen LogP) is 0.658. The first kappa shape index (κ1) is 12.4. The van der Waals surface area contributed by atoms with Gasteiger partial charge in [0.05, 0.1) is 6.54 Å². The number of alkyl halides is 3. The van der Waals surface area contributed by atoms with E-state index in [1.54, 1.807) is 18.2 Å². The van der Waals surface area contributed by atoms with Crippen LogP contribution in [0.5, 0.6) is 0 Å². The van der Waals surface area contributed by atoms with Gasteiger partial charge in [-0.3, -0.25) is 4.98 Å². The van der Waals surface area contributed by atoms with Gasteiger partial charge in [0, 0.05) is 6.20 Å². The first-order valence-corrected chi connectivity index (χ1v) is 4.91. The Bertz CT molecular complexity index is 512. The molecule has 0 aliphatic heterocycles. The summed E-state index contributed by atoms with van der Waals surface area (Å²) >= 11 is 0. The molecule has 0 amide bonds. The van der Waals surface area contributed by atoms with Crippen LogP contribution in [0.4, 0.5) is 13.2 Å². The van der Waals surface area contributed by atoms with Crippen LogP contribution < -0.4 is 0 Å². The third-order valence-electron chi connectivity index (χ3n) is 2.15. The molecule has 0 aromatic carbocycles. The Hall–Kier alpha value is -2.03. The molecule has 0 saturated carbocycles. The van der Waals surface area contributed by atoms with Crippen LogP contribution in [-0.2, 0) is 6.54 Å². The van der Waals surface area contributed by atoms with Crippen LogP contribution in [0.2, 0.25) is 0 Å². The zero-order valence-electron chi connectivity index (χ0n) is 8.91. The molecule has 1 atom stereocenters. The maximum Gasteiger partial charge on any atom is 0.416 e. The second-order valence-corrected chi connectivity index (χ2v) is 3.46. The minimum atomic E-state index is -4.71. The van der Waals surface area contributed by atoms with Gasteiger partial charge < -0.3 is 5.11 Å². The average Bonchev–Trinajstić information content (AvgIpc) is 2.77. The second-order valence-electron chi connectivity index (χ2n) is 3.46. The van der Waals surface area contributed by atoms with Crippen molar-refractivity contribution in [3.05, 3.63) is 24.4 Å². The molecule has 96 valence electrons. The van der Waals surface area contributed by atoms with Gasteiger partial charge in [-0.2, -0.15) is 13.2 Å². The molecule has 0 aliphatic carbocycles. The summed E-state index contributed by atoms with van der Waals surface area (Å²) in [6.07, 6.45) is -5.77. The van der Waals surface area contributed by atoms with Crippen LogP contribution in [-0.4, -0.2) is 42.6 Å². The number of hydrogen-bond acceptors (Lipinski definition) is 5. The summed E-state index contributed by atoms with van der Waals surface area (Å²) in [5.74, 6) is 0.0684. The van der Waals surface area contributed by atoms with Crippen molar-refractivity contribution in [2.75, 3.05) is 0 Å². The number of aromatic nitrogens is 5. The summed E-state index contributed by atoms with van der Waals surface area (Å²) in [4.78, 5) is 3.93. The molecular formula is C9H8F3N5O. The second kappa shape index (κ2) is 4.69. The highest BCUT2D eigenvalue weighted by Gasteiger charge is 2.39. The lowest BCUT2D eigenvalue weighted by Gasteiger charge is -2.14. The topological polar surface area (TPSA) is 76.7 Å².